The summed E-state index contributed by atoms with van der Waals surface area (Å²) in [5.74, 6) is -0.359. The van der Waals surface area contributed by atoms with Gasteiger partial charge in [0.1, 0.15) is 0 Å². The molecule has 2 rings (SSSR count). The fourth-order valence-electron chi connectivity index (χ4n) is 2.07. The average molecular weight is 238 g/mol. The number of ether oxygens (including phenoxy) is 2. The molecule has 0 radical (unpaired) electrons. The van der Waals surface area contributed by atoms with Crippen LogP contribution in [0.25, 0.3) is 0 Å². The Morgan fingerprint density at radius 1 is 1.59 bits per heavy atom. The minimum Gasteiger partial charge on any atom is -0.461 e. The predicted octanol–water partition coefficient (Wildman–Crippen LogP) is 1.48. The molecule has 0 aromatic carbocycles. The lowest BCUT2D eigenvalue weighted by Crippen LogP contribution is -2.27. The lowest BCUT2D eigenvalue weighted by atomic mass is 9.97. The molecule has 1 aromatic heterocycles. The molecule has 2 heterocycles. The summed E-state index contributed by atoms with van der Waals surface area (Å²) in [7, 11) is 0. The molecular weight excluding hydrogens is 220 g/mol. The molecule has 0 unspecified atom stereocenters. The number of nitrogens with zero attached hydrogens (tertiary/aromatic N) is 1. The second-order valence-electron chi connectivity index (χ2n) is 4.78. The summed E-state index contributed by atoms with van der Waals surface area (Å²) in [5, 5.41) is 6.98. The highest BCUT2D eigenvalue weighted by Gasteiger charge is 2.30. The van der Waals surface area contributed by atoms with E-state index in [1.165, 1.54) is 0 Å². The Labute approximate surface area is 100 Å². The molecule has 17 heavy (non-hydrogen) atoms. The number of aromatic nitrogens is 2. The quantitative estimate of drug-likeness (QED) is 0.793. The summed E-state index contributed by atoms with van der Waals surface area (Å²) < 4.78 is 10.7. The van der Waals surface area contributed by atoms with Crippen molar-refractivity contribution in [3.8, 4) is 0 Å². The second-order valence-corrected chi connectivity index (χ2v) is 4.78. The van der Waals surface area contributed by atoms with Gasteiger partial charge in [-0.15, -0.1) is 0 Å². The average Bonchev–Trinajstić information content (AvgIpc) is 2.54. The fourth-order valence-corrected chi connectivity index (χ4v) is 2.07. The SMILES string of the molecule is CCOC(=O)c1n[nH]c2c1CC(C)(C)OCC2. The van der Waals surface area contributed by atoms with Crippen molar-refractivity contribution in [2.75, 3.05) is 13.2 Å². The topological polar surface area (TPSA) is 64.2 Å². The number of hydrogen-bond donors (Lipinski definition) is 1. The van der Waals surface area contributed by atoms with Gasteiger partial charge in [0.15, 0.2) is 5.69 Å². The molecule has 1 aliphatic rings. The fraction of sp³-hybridized carbons (Fsp3) is 0.667. The van der Waals surface area contributed by atoms with Crippen molar-refractivity contribution in [3.63, 3.8) is 0 Å². The Hall–Kier alpha value is -1.36. The summed E-state index contributed by atoms with van der Waals surface area (Å²) in [4.78, 5) is 11.8. The van der Waals surface area contributed by atoms with Crippen LogP contribution in [0.15, 0.2) is 0 Å². The van der Waals surface area contributed by atoms with Crippen LogP contribution in [-0.4, -0.2) is 35.0 Å². The highest BCUT2D eigenvalue weighted by molar-refractivity contribution is 5.89. The number of rotatable bonds is 2. The van der Waals surface area contributed by atoms with Gasteiger partial charge in [0, 0.05) is 24.1 Å². The Kier molecular flexibility index (Phi) is 3.19. The van der Waals surface area contributed by atoms with E-state index in [-0.39, 0.29) is 11.6 Å². The van der Waals surface area contributed by atoms with E-state index in [1.54, 1.807) is 6.92 Å². The van der Waals surface area contributed by atoms with Gasteiger partial charge >= 0.3 is 5.97 Å². The van der Waals surface area contributed by atoms with Crippen LogP contribution in [0.3, 0.4) is 0 Å². The number of nitrogens with one attached hydrogen (secondary N) is 1. The molecule has 0 spiro atoms. The summed E-state index contributed by atoms with van der Waals surface area (Å²) in [6.07, 6.45) is 1.43. The smallest absolute Gasteiger partial charge is 0.359 e. The number of fused-ring (bicyclic) bond motifs is 1. The van der Waals surface area contributed by atoms with E-state index in [2.05, 4.69) is 10.2 Å². The van der Waals surface area contributed by atoms with E-state index in [9.17, 15) is 4.79 Å². The zero-order valence-corrected chi connectivity index (χ0v) is 10.5. The maximum Gasteiger partial charge on any atom is 0.359 e. The lowest BCUT2D eigenvalue weighted by molar-refractivity contribution is -0.0107. The van der Waals surface area contributed by atoms with Crippen molar-refractivity contribution in [1.29, 1.82) is 0 Å². The molecule has 0 atom stereocenters. The third-order valence-electron chi connectivity index (χ3n) is 2.87. The van der Waals surface area contributed by atoms with Crippen LogP contribution in [0, 0.1) is 0 Å². The third-order valence-corrected chi connectivity index (χ3v) is 2.87. The Morgan fingerprint density at radius 2 is 2.35 bits per heavy atom. The molecule has 0 bridgehead atoms. The van der Waals surface area contributed by atoms with Gasteiger partial charge in [0.25, 0.3) is 0 Å². The molecule has 0 amide bonds. The number of esters is 1. The molecule has 5 heteroatoms. The molecule has 0 aliphatic carbocycles. The first kappa shape index (κ1) is 12.1. The monoisotopic (exact) mass is 238 g/mol. The first-order valence-electron chi connectivity index (χ1n) is 5.90. The van der Waals surface area contributed by atoms with E-state index >= 15 is 0 Å². The summed E-state index contributed by atoms with van der Waals surface area (Å²) in [6, 6.07) is 0. The maximum absolute atomic E-state index is 11.8. The van der Waals surface area contributed by atoms with E-state index in [0.29, 0.717) is 25.3 Å². The normalized spacial score (nSPS) is 18.3. The number of carbonyl (C=O) groups is 1. The molecule has 1 aliphatic heterocycles. The van der Waals surface area contributed by atoms with Gasteiger partial charge < -0.3 is 9.47 Å². The predicted molar refractivity (Wildman–Crippen MR) is 62.0 cm³/mol. The van der Waals surface area contributed by atoms with E-state index in [0.717, 1.165) is 17.7 Å². The van der Waals surface area contributed by atoms with Gasteiger partial charge in [-0.2, -0.15) is 5.10 Å². The summed E-state index contributed by atoms with van der Waals surface area (Å²) in [5.41, 5.74) is 2.06. The molecule has 1 N–H and O–H groups in total. The number of H-pyrrole nitrogens is 1. The van der Waals surface area contributed by atoms with Crippen LogP contribution in [-0.2, 0) is 22.3 Å². The van der Waals surface area contributed by atoms with Crippen molar-refractivity contribution in [3.05, 3.63) is 17.0 Å². The zero-order valence-electron chi connectivity index (χ0n) is 10.5. The van der Waals surface area contributed by atoms with E-state index < -0.39 is 0 Å². The minimum absolute atomic E-state index is 0.267. The Balaban J connectivity index is 2.32. The number of hydrogen-bond acceptors (Lipinski definition) is 4. The van der Waals surface area contributed by atoms with Crippen LogP contribution in [0.1, 0.15) is 42.5 Å². The van der Waals surface area contributed by atoms with Gasteiger partial charge in [0.2, 0.25) is 0 Å². The first-order valence-corrected chi connectivity index (χ1v) is 5.90. The standard InChI is InChI=1S/C12H18N2O3/c1-4-16-11(15)10-8-7-12(2,3)17-6-5-9(8)13-14-10/h4-7H2,1-3H3,(H,13,14). The number of carbonyl (C=O) groups excluding carboxylic acids is 1. The van der Waals surface area contributed by atoms with Crippen molar-refractivity contribution in [2.45, 2.75) is 39.2 Å². The van der Waals surface area contributed by atoms with Crippen molar-refractivity contribution in [2.24, 2.45) is 0 Å². The largest absolute Gasteiger partial charge is 0.461 e. The molecule has 94 valence electrons. The van der Waals surface area contributed by atoms with Crippen molar-refractivity contribution >= 4 is 5.97 Å². The maximum atomic E-state index is 11.8. The van der Waals surface area contributed by atoms with Gasteiger partial charge in [-0.05, 0) is 20.8 Å². The van der Waals surface area contributed by atoms with Crippen LogP contribution < -0.4 is 0 Å². The van der Waals surface area contributed by atoms with Crippen molar-refractivity contribution in [1.82, 2.24) is 10.2 Å². The number of aromatic amines is 1. The molecule has 0 saturated heterocycles. The summed E-state index contributed by atoms with van der Waals surface area (Å²) >= 11 is 0. The highest BCUT2D eigenvalue weighted by Crippen LogP contribution is 2.26. The van der Waals surface area contributed by atoms with Gasteiger partial charge in [-0.1, -0.05) is 0 Å². The van der Waals surface area contributed by atoms with Crippen LogP contribution in [0.4, 0.5) is 0 Å². The van der Waals surface area contributed by atoms with E-state index in [4.69, 9.17) is 9.47 Å². The van der Waals surface area contributed by atoms with Crippen LogP contribution >= 0.6 is 0 Å². The van der Waals surface area contributed by atoms with Crippen LogP contribution in [0.5, 0.6) is 0 Å². The zero-order chi connectivity index (χ0) is 12.5. The Bertz CT molecular complexity index is 423. The molecule has 5 nitrogen and oxygen atoms in total. The molecular formula is C12H18N2O3. The minimum atomic E-state index is -0.359. The molecule has 1 aromatic rings. The van der Waals surface area contributed by atoms with E-state index in [1.807, 2.05) is 13.8 Å². The summed E-state index contributed by atoms with van der Waals surface area (Å²) in [6.45, 7) is 6.83. The third kappa shape index (κ3) is 2.49. The van der Waals surface area contributed by atoms with Gasteiger partial charge in [0.05, 0.1) is 18.8 Å². The Morgan fingerprint density at radius 3 is 3.06 bits per heavy atom. The molecule has 0 fully saturated rings. The van der Waals surface area contributed by atoms with Crippen molar-refractivity contribution < 1.29 is 14.3 Å². The molecule has 0 saturated carbocycles. The van der Waals surface area contributed by atoms with Gasteiger partial charge in [-0.25, -0.2) is 4.79 Å². The first-order chi connectivity index (χ1) is 8.03. The highest BCUT2D eigenvalue weighted by atomic mass is 16.5. The second kappa shape index (κ2) is 4.49. The van der Waals surface area contributed by atoms with Crippen LogP contribution in [0.2, 0.25) is 0 Å². The van der Waals surface area contributed by atoms with Gasteiger partial charge in [-0.3, -0.25) is 5.10 Å². The lowest BCUT2D eigenvalue weighted by Gasteiger charge is -2.22.